The first-order valence-corrected chi connectivity index (χ1v) is 13.8. The van der Waals surface area contributed by atoms with Gasteiger partial charge in [-0.3, -0.25) is 9.10 Å². The van der Waals surface area contributed by atoms with Gasteiger partial charge in [-0.2, -0.15) is 0 Å². The summed E-state index contributed by atoms with van der Waals surface area (Å²) in [6.45, 7) is 2.41. The zero-order valence-corrected chi connectivity index (χ0v) is 21.7. The Morgan fingerprint density at radius 2 is 1.57 bits per heavy atom. The molecular formula is C26H30N2O5S2. The molecule has 1 amide bonds. The highest BCUT2D eigenvalue weighted by Gasteiger charge is 2.27. The van der Waals surface area contributed by atoms with Crippen molar-refractivity contribution in [2.75, 3.05) is 37.4 Å². The van der Waals surface area contributed by atoms with Crippen molar-refractivity contribution in [1.82, 2.24) is 5.32 Å². The molecule has 1 N–H and O–H groups in total. The van der Waals surface area contributed by atoms with Crippen LogP contribution < -0.4 is 19.1 Å². The summed E-state index contributed by atoms with van der Waals surface area (Å²) >= 11 is 1.53. The number of thioether (sulfide) groups is 1. The van der Waals surface area contributed by atoms with E-state index < -0.39 is 15.9 Å². The van der Waals surface area contributed by atoms with Crippen molar-refractivity contribution in [1.29, 1.82) is 0 Å². The Hall–Kier alpha value is -3.17. The van der Waals surface area contributed by atoms with Crippen molar-refractivity contribution in [3.8, 4) is 11.5 Å². The number of sulfonamides is 1. The van der Waals surface area contributed by atoms with Crippen LogP contribution in [0, 0.1) is 0 Å². The lowest BCUT2D eigenvalue weighted by Crippen LogP contribution is -2.41. The summed E-state index contributed by atoms with van der Waals surface area (Å²) in [5, 5.41) is 2.83. The standard InChI is InChI=1S/C26H30N2O5S2/c1-4-33-23-11-7-21(8-12-23)28(35(30,31)25-15-13-24(34-3)14-16-25)19-26(29)27-18-17-20-5-9-22(32-2)10-6-20/h5-16H,4,17-19H2,1-3H3,(H,27,29). The van der Waals surface area contributed by atoms with E-state index in [0.717, 1.165) is 20.5 Å². The third-order valence-electron chi connectivity index (χ3n) is 5.27. The van der Waals surface area contributed by atoms with Gasteiger partial charge in [0.15, 0.2) is 0 Å². The molecule has 0 heterocycles. The molecule has 3 aromatic rings. The molecule has 0 aromatic heterocycles. The quantitative estimate of drug-likeness (QED) is 0.361. The lowest BCUT2D eigenvalue weighted by Gasteiger charge is -2.24. The molecule has 3 aromatic carbocycles. The second-order valence-corrected chi connectivity index (χ2v) is 10.3. The maximum Gasteiger partial charge on any atom is 0.264 e. The molecule has 0 saturated carbocycles. The molecule has 0 bridgehead atoms. The lowest BCUT2D eigenvalue weighted by molar-refractivity contribution is -0.119. The van der Waals surface area contributed by atoms with Gasteiger partial charge in [0.2, 0.25) is 5.91 Å². The number of rotatable bonds is 12. The van der Waals surface area contributed by atoms with Gasteiger partial charge in [0, 0.05) is 11.4 Å². The Bertz CT molecular complexity index is 1200. The number of nitrogens with zero attached hydrogens (tertiary/aromatic N) is 1. The lowest BCUT2D eigenvalue weighted by atomic mass is 10.1. The SMILES string of the molecule is CCOc1ccc(N(CC(=O)NCCc2ccc(OC)cc2)S(=O)(=O)c2ccc(SC)cc2)cc1. The van der Waals surface area contributed by atoms with E-state index in [1.165, 1.54) is 11.8 Å². The van der Waals surface area contributed by atoms with Crippen molar-refractivity contribution in [2.24, 2.45) is 0 Å². The molecule has 0 aliphatic rings. The van der Waals surface area contributed by atoms with Gasteiger partial charge in [-0.15, -0.1) is 11.8 Å². The first-order valence-electron chi connectivity index (χ1n) is 11.2. The van der Waals surface area contributed by atoms with Crippen molar-refractivity contribution in [2.45, 2.75) is 23.1 Å². The van der Waals surface area contributed by atoms with Crippen LogP contribution in [0.4, 0.5) is 5.69 Å². The maximum atomic E-state index is 13.5. The molecule has 3 rings (SSSR count). The van der Waals surface area contributed by atoms with E-state index in [-0.39, 0.29) is 11.4 Å². The van der Waals surface area contributed by atoms with Gasteiger partial charge < -0.3 is 14.8 Å². The molecular weight excluding hydrogens is 484 g/mol. The van der Waals surface area contributed by atoms with Gasteiger partial charge in [-0.25, -0.2) is 8.42 Å². The normalized spacial score (nSPS) is 11.1. The smallest absolute Gasteiger partial charge is 0.264 e. The molecule has 0 atom stereocenters. The van der Waals surface area contributed by atoms with E-state index in [4.69, 9.17) is 9.47 Å². The second kappa shape index (κ2) is 12.5. The number of nitrogens with one attached hydrogen (secondary N) is 1. The van der Waals surface area contributed by atoms with E-state index in [1.54, 1.807) is 55.6 Å². The van der Waals surface area contributed by atoms with Crippen LogP contribution in [0.25, 0.3) is 0 Å². The second-order valence-electron chi connectivity index (χ2n) is 7.56. The third kappa shape index (κ3) is 7.16. The van der Waals surface area contributed by atoms with E-state index in [9.17, 15) is 13.2 Å². The molecule has 0 fully saturated rings. The number of methoxy groups -OCH3 is 1. The van der Waals surface area contributed by atoms with Crippen LogP contribution in [0.3, 0.4) is 0 Å². The summed E-state index contributed by atoms with van der Waals surface area (Å²) in [7, 11) is -2.37. The van der Waals surface area contributed by atoms with Crippen LogP contribution in [-0.2, 0) is 21.2 Å². The first kappa shape index (κ1) is 26.4. The third-order valence-corrected chi connectivity index (χ3v) is 7.80. The number of carbonyl (C=O) groups is 1. The molecule has 0 saturated heterocycles. The summed E-state index contributed by atoms with van der Waals surface area (Å²) in [6, 6.07) is 20.9. The molecule has 0 aliphatic heterocycles. The number of benzene rings is 3. The monoisotopic (exact) mass is 514 g/mol. The zero-order valence-electron chi connectivity index (χ0n) is 20.1. The van der Waals surface area contributed by atoms with Gasteiger partial charge in [-0.05, 0) is 85.8 Å². The minimum absolute atomic E-state index is 0.121. The topological polar surface area (TPSA) is 84.9 Å². The molecule has 9 heteroatoms. The maximum absolute atomic E-state index is 13.5. The van der Waals surface area contributed by atoms with E-state index in [2.05, 4.69) is 5.32 Å². The Morgan fingerprint density at radius 1 is 0.943 bits per heavy atom. The highest BCUT2D eigenvalue weighted by Crippen LogP contribution is 2.27. The van der Waals surface area contributed by atoms with Crippen LogP contribution in [-0.4, -0.2) is 47.4 Å². The first-order chi connectivity index (χ1) is 16.9. The largest absolute Gasteiger partial charge is 0.497 e. The molecule has 0 aliphatic carbocycles. The number of ether oxygens (including phenoxy) is 2. The van der Waals surface area contributed by atoms with Gasteiger partial charge in [0.05, 0.1) is 24.3 Å². The Labute approximate surface area is 211 Å². The van der Waals surface area contributed by atoms with E-state index in [1.807, 2.05) is 37.4 Å². The fourth-order valence-corrected chi connectivity index (χ4v) is 5.22. The number of amides is 1. The average molecular weight is 515 g/mol. The molecule has 0 unspecified atom stereocenters. The average Bonchev–Trinajstić information content (AvgIpc) is 2.88. The zero-order chi connectivity index (χ0) is 25.3. The summed E-state index contributed by atoms with van der Waals surface area (Å²) in [5.74, 6) is 0.998. The van der Waals surface area contributed by atoms with E-state index >= 15 is 0 Å². The predicted octanol–water partition coefficient (Wildman–Crippen LogP) is 4.37. The van der Waals surface area contributed by atoms with Crippen molar-refractivity contribution in [3.63, 3.8) is 0 Å². The van der Waals surface area contributed by atoms with E-state index in [0.29, 0.717) is 31.0 Å². The molecule has 0 spiro atoms. The fraction of sp³-hybridized carbons (Fsp3) is 0.269. The van der Waals surface area contributed by atoms with Gasteiger partial charge in [0.1, 0.15) is 18.0 Å². The number of carbonyl (C=O) groups excluding carboxylic acids is 1. The number of hydrogen-bond acceptors (Lipinski definition) is 6. The Morgan fingerprint density at radius 3 is 2.14 bits per heavy atom. The number of anilines is 1. The van der Waals surface area contributed by atoms with Crippen LogP contribution in [0.15, 0.2) is 82.6 Å². The minimum Gasteiger partial charge on any atom is -0.497 e. The van der Waals surface area contributed by atoms with Crippen LogP contribution in [0.2, 0.25) is 0 Å². The van der Waals surface area contributed by atoms with Crippen molar-refractivity contribution in [3.05, 3.63) is 78.4 Å². The fourth-order valence-electron chi connectivity index (χ4n) is 3.39. The molecule has 0 radical (unpaired) electrons. The van der Waals surface area contributed by atoms with Crippen LogP contribution in [0.1, 0.15) is 12.5 Å². The number of hydrogen-bond donors (Lipinski definition) is 1. The summed E-state index contributed by atoms with van der Waals surface area (Å²) in [4.78, 5) is 13.9. The Kier molecular flexibility index (Phi) is 9.45. The van der Waals surface area contributed by atoms with Crippen molar-refractivity contribution >= 4 is 33.4 Å². The highest BCUT2D eigenvalue weighted by atomic mass is 32.2. The van der Waals surface area contributed by atoms with Gasteiger partial charge in [0.25, 0.3) is 10.0 Å². The summed E-state index contributed by atoms with van der Waals surface area (Å²) in [5.41, 5.74) is 1.42. The molecule has 186 valence electrons. The van der Waals surface area contributed by atoms with Gasteiger partial charge in [-0.1, -0.05) is 12.1 Å². The highest BCUT2D eigenvalue weighted by molar-refractivity contribution is 7.98. The minimum atomic E-state index is -3.98. The summed E-state index contributed by atoms with van der Waals surface area (Å²) < 4.78 is 38.8. The van der Waals surface area contributed by atoms with Gasteiger partial charge >= 0.3 is 0 Å². The summed E-state index contributed by atoms with van der Waals surface area (Å²) in [6.07, 6.45) is 2.54. The van der Waals surface area contributed by atoms with Crippen LogP contribution >= 0.6 is 11.8 Å². The molecule has 35 heavy (non-hydrogen) atoms. The van der Waals surface area contributed by atoms with Crippen LogP contribution in [0.5, 0.6) is 11.5 Å². The Balaban J connectivity index is 1.76. The molecule has 7 nitrogen and oxygen atoms in total. The van der Waals surface area contributed by atoms with Crippen molar-refractivity contribution < 1.29 is 22.7 Å². The predicted molar refractivity (Wildman–Crippen MR) is 140 cm³/mol.